The second-order valence-corrected chi connectivity index (χ2v) is 7.59. The Labute approximate surface area is 134 Å². The number of carbonyl (C=O) groups excluding carboxylic acids is 1. The predicted octanol–water partition coefficient (Wildman–Crippen LogP) is 4.24. The lowest BCUT2D eigenvalue weighted by Crippen LogP contribution is -2.17. The molecule has 3 nitrogen and oxygen atoms in total. The number of primary amides is 1. The maximum Gasteiger partial charge on any atom is 0.248 e. The van der Waals surface area contributed by atoms with E-state index in [1.807, 2.05) is 0 Å². The van der Waals surface area contributed by atoms with E-state index in [9.17, 15) is 9.18 Å². The van der Waals surface area contributed by atoms with Crippen molar-refractivity contribution in [3.63, 3.8) is 0 Å². The van der Waals surface area contributed by atoms with Gasteiger partial charge in [0.05, 0.1) is 15.5 Å². The molecular weight excluding hydrogens is 355 g/mol. The third kappa shape index (κ3) is 2.96. The van der Waals surface area contributed by atoms with E-state index in [0.29, 0.717) is 11.3 Å². The Bertz CT molecular complexity index is 701. The van der Waals surface area contributed by atoms with Crippen molar-refractivity contribution >= 4 is 38.9 Å². The van der Waals surface area contributed by atoms with Crippen LogP contribution in [0.2, 0.25) is 0 Å². The molecule has 0 radical (unpaired) electrons. The number of aryl methyl sites for hydroxylation is 1. The minimum absolute atomic E-state index is 0.0638. The Morgan fingerprint density at radius 1 is 1.43 bits per heavy atom. The lowest BCUT2D eigenvalue weighted by atomic mass is 9.93. The fraction of sp³-hybridized carbons (Fsp3) is 0.267. The number of halogens is 2. The van der Waals surface area contributed by atoms with Crippen LogP contribution >= 0.6 is 27.3 Å². The first-order chi connectivity index (χ1) is 10.0. The van der Waals surface area contributed by atoms with Gasteiger partial charge >= 0.3 is 0 Å². The van der Waals surface area contributed by atoms with Crippen LogP contribution in [0, 0.1) is 5.82 Å². The third-order valence-corrected chi connectivity index (χ3v) is 5.38. The molecule has 0 saturated heterocycles. The Balaban J connectivity index is 1.91. The molecule has 21 heavy (non-hydrogen) atoms. The third-order valence-electron chi connectivity index (χ3n) is 3.66. The molecule has 0 bridgehead atoms. The average molecular weight is 369 g/mol. The number of nitrogens with one attached hydrogen (secondary N) is 1. The predicted molar refractivity (Wildman–Crippen MR) is 86.2 cm³/mol. The summed E-state index contributed by atoms with van der Waals surface area (Å²) in [6.07, 6.45) is 3.07. The molecule has 0 fully saturated rings. The number of anilines is 1. The second kappa shape index (κ2) is 5.77. The first-order valence-corrected chi connectivity index (χ1v) is 8.29. The second-order valence-electron chi connectivity index (χ2n) is 5.08. The number of rotatable bonds is 3. The summed E-state index contributed by atoms with van der Waals surface area (Å²) in [6.45, 7) is 0. The van der Waals surface area contributed by atoms with Crippen LogP contribution in [0.3, 0.4) is 0 Å². The van der Waals surface area contributed by atoms with E-state index in [2.05, 4.69) is 27.3 Å². The van der Waals surface area contributed by atoms with Crippen LogP contribution < -0.4 is 11.1 Å². The maximum atomic E-state index is 13.9. The normalized spacial score (nSPS) is 17.3. The first kappa shape index (κ1) is 14.5. The molecule has 0 spiro atoms. The van der Waals surface area contributed by atoms with Gasteiger partial charge in [-0.25, -0.2) is 4.39 Å². The van der Waals surface area contributed by atoms with Gasteiger partial charge in [-0.2, -0.15) is 0 Å². The van der Waals surface area contributed by atoms with Gasteiger partial charge in [0.2, 0.25) is 5.91 Å². The number of benzene rings is 1. The van der Waals surface area contributed by atoms with Crippen molar-refractivity contribution in [2.75, 3.05) is 5.32 Å². The van der Waals surface area contributed by atoms with E-state index in [1.165, 1.54) is 28.6 Å². The van der Waals surface area contributed by atoms with E-state index in [0.717, 1.165) is 23.0 Å². The summed E-state index contributed by atoms with van der Waals surface area (Å²) in [6, 6.07) is 6.31. The lowest BCUT2D eigenvalue weighted by molar-refractivity contribution is 0.100. The number of thiophene rings is 1. The van der Waals surface area contributed by atoms with Crippen molar-refractivity contribution in [2.45, 2.75) is 25.3 Å². The zero-order valence-electron chi connectivity index (χ0n) is 11.2. The number of fused-ring (bicyclic) bond motifs is 1. The fourth-order valence-corrected chi connectivity index (χ4v) is 4.47. The zero-order chi connectivity index (χ0) is 15.0. The van der Waals surface area contributed by atoms with E-state index >= 15 is 0 Å². The van der Waals surface area contributed by atoms with E-state index in [-0.39, 0.29) is 11.9 Å². The number of amides is 1. The van der Waals surface area contributed by atoms with E-state index < -0.39 is 5.91 Å². The molecule has 1 heterocycles. The minimum Gasteiger partial charge on any atom is -0.376 e. The summed E-state index contributed by atoms with van der Waals surface area (Å²) in [5.74, 6) is -0.929. The van der Waals surface area contributed by atoms with Gasteiger partial charge in [-0.3, -0.25) is 4.79 Å². The summed E-state index contributed by atoms with van der Waals surface area (Å²) in [4.78, 5) is 12.6. The van der Waals surface area contributed by atoms with E-state index in [1.54, 1.807) is 11.3 Å². The monoisotopic (exact) mass is 368 g/mol. The maximum absolute atomic E-state index is 13.9. The van der Waals surface area contributed by atoms with Gasteiger partial charge < -0.3 is 11.1 Å². The van der Waals surface area contributed by atoms with Crippen molar-refractivity contribution in [1.82, 2.24) is 0 Å². The first-order valence-electron chi connectivity index (χ1n) is 6.68. The molecule has 0 aliphatic heterocycles. The molecule has 110 valence electrons. The van der Waals surface area contributed by atoms with Crippen molar-refractivity contribution < 1.29 is 9.18 Å². The van der Waals surface area contributed by atoms with Crippen LogP contribution in [-0.2, 0) is 6.42 Å². The highest BCUT2D eigenvalue weighted by Crippen LogP contribution is 2.39. The van der Waals surface area contributed by atoms with Crippen molar-refractivity contribution in [1.29, 1.82) is 0 Å². The van der Waals surface area contributed by atoms with Gasteiger partial charge in [-0.15, -0.1) is 11.3 Å². The number of carbonyl (C=O) groups is 1. The van der Waals surface area contributed by atoms with Gasteiger partial charge in [0, 0.05) is 10.4 Å². The summed E-state index contributed by atoms with van der Waals surface area (Å²) < 4.78 is 15.0. The Kier molecular flexibility index (Phi) is 3.99. The zero-order valence-corrected chi connectivity index (χ0v) is 13.6. The number of nitrogens with two attached hydrogens (primary N) is 1. The molecule has 1 aliphatic rings. The van der Waals surface area contributed by atoms with Gasteiger partial charge in [0.15, 0.2) is 0 Å². The van der Waals surface area contributed by atoms with Crippen LogP contribution in [0.25, 0.3) is 0 Å². The lowest BCUT2D eigenvalue weighted by Gasteiger charge is -2.25. The Hall–Kier alpha value is -1.40. The van der Waals surface area contributed by atoms with Gasteiger partial charge in [-0.05, 0) is 65.0 Å². The van der Waals surface area contributed by atoms with Gasteiger partial charge in [0.25, 0.3) is 0 Å². The SMILES string of the molecule is NC(=O)c1ccc(F)c(NC2CCCc3sc(Br)cc32)c1. The highest BCUT2D eigenvalue weighted by molar-refractivity contribution is 9.11. The summed E-state index contributed by atoms with van der Waals surface area (Å²) in [7, 11) is 0. The molecule has 1 aliphatic carbocycles. The van der Waals surface area contributed by atoms with Crippen LogP contribution in [0.1, 0.15) is 39.7 Å². The molecule has 0 saturated carbocycles. The standard InChI is InChI=1S/C15H14BrFN2OS/c16-14-7-9-11(2-1-3-13(9)21-14)19-12-6-8(15(18)20)4-5-10(12)17/h4-7,11,19H,1-3H2,(H2,18,20). The van der Waals surface area contributed by atoms with Gasteiger partial charge in [-0.1, -0.05) is 0 Å². The molecule has 1 amide bonds. The van der Waals surface area contributed by atoms with E-state index in [4.69, 9.17) is 5.73 Å². The molecule has 1 unspecified atom stereocenters. The summed E-state index contributed by atoms with van der Waals surface area (Å²) in [5, 5.41) is 3.22. The van der Waals surface area contributed by atoms with Crippen LogP contribution in [-0.4, -0.2) is 5.91 Å². The number of hydrogen-bond donors (Lipinski definition) is 2. The van der Waals surface area contributed by atoms with Crippen LogP contribution in [0.15, 0.2) is 28.1 Å². The molecule has 6 heteroatoms. The van der Waals surface area contributed by atoms with Gasteiger partial charge in [0.1, 0.15) is 5.82 Å². The highest BCUT2D eigenvalue weighted by atomic mass is 79.9. The average Bonchev–Trinajstić information content (AvgIpc) is 2.82. The summed E-state index contributed by atoms with van der Waals surface area (Å²) in [5.41, 5.74) is 7.09. The summed E-state index contributed by atoms with van der Waals surface area (Å²) >= 11 is 5.23. The Morgan fingerprint density at radius 3 is 3.00 bits per heavy atom. The molecule has 3 rings (SSSR count). The van der Waals surface area contributed by atoms with Crippen LogP contribution in [0.5, 0.6) is 0 Å². The largest absolute Gasteiger partial charge is 0.376 e. The smallest absolute Gasteiger partial charge is 0.248 e. The molecule has 2 aromatic rings. The fourth-order valence-electron chi connectivity index (χ4n) is 2.65. The molecule has 1 aromatic heterocycles. The van der Waals surface area contributed by atoms with Crippen molar-refractivity contribution in [3.8, 4) is 0 Å². The topological polar surface area (TPSA) is 55.1 Å². The molecule has 3 N–H and O–H groups in total. The quantitative estimate of drug-likeness (QED) is 0.851. The van der Waals surface area contributed by atoms with Crippen molar-refractivity contribution in [3.05, 3.63) is 49.9 Å². The Morgan fingerprint density at radius 2 is 2.24 bits per heavy atom. The highest BCUT2D eigenvalue weighted by Gasteiger charge is 2.23. The molecule has 1 atom stereocenters. The van der Waals surface area contributed by atoms with Crippen molar-refractivity contribution in [2.24, 2.45) is 5.73 Å². The molecule has 1 aromatic carbocycles. The molecular formula is C15H14BrFN2OS. The number of hydrogen-bond acceptors (Lipinski definition) is 3. The minimum atomic E-state index is -0.555. The van der Waals surface area contributed by atoms with Crippen LogP contribution in [0.4, 0.5) is 10.1 Å².